The smallest absolute Gasteiger partial charge is 0.0700 e. The maximum absolute atomic E-state index is 11.0. The molecule has 2 heteroatoms. The molecule has 2 unspecified atom stereocenters. The normalized spacial score (nSPS) is 38.0. The zero-order chi connectivity index (χ0) is 13.3. The summed E-state index contributed by atoms with van der Waals surface area (Å²) in [6.45, 7) is 11.4. The number of aliphatic hydroxyl groups is 1. The number of likely N-dealkylation sites (tertiary alicyclic amines) is 1. The number of rotatable bonds is 2. The largest absolute Gasteiger partial charge is 0.390 e. The van der Waals surface area contributed by atoms with E-state index in [1.807, 2.05) is 0 Å². The van der Waals surface area contributed by atoms with Gasteiger partial charge in [-0.05, 0) is 63.7 Å². The predicted octanol–water partition coefficient (Wildman–Crippen LogP) is 3.29. The third kappa shape index (κ3) is 3.08. The van der Waals surface area contributed by atoms with Gasteiger partial charge in [-0.15, -0.1) is 0 Å². The van der Waals surface area contributed by atoms with Crippen LogP contribution < -0.4 is 0 Å². The van der Waals surface area contributed by atoms with Crippen molar-refractivity contribution in [3.05, 3.63) is 0 Å². The van der Waals surface area contributed by atoms with Crippen LogP contribution in [0.3, 0.4) is 0 Å². The second-order valence-electron chi connectivity index (χ2n) is 7.35. The summed E-state index contributed by atoms with van der Waals surface area (Å²) >= 11 is 0. The lowest BCUT2D eigenvalue weighted by atomic mass is 9.67. The zero-order valence-corrected chi connectivity index (χ0v) is 12.7. The molecule has 0 radical (unpaired) electrons. The zero-order valence-electron chi connectivity index (χ0n) is 12.7. The highest BCUT2D eigenvalue weighted by Crippen LogP contribution is 2.43. The Morgan fingerprint density at radius 3 is 1.94 bits per heavy atom. The van der Waals surface area contributed by atoms with Crippen molar-refractivity contribution in [3.8, 4) is 0 Å². The quantitative estimate of drug-likeness (QED) is 0.816. The fourth-order valence-corrected chi connectivity index (χ4v) is 4.22. The van der Waals surface area contributed by atoms with Gasteiger partial charge in [0.2, 0.25) is 0 Å². The standard InChI is InChI=1S/C16H31NO/c1-12(2)17-7-5-16(18,6-8-17)15-10-13(3)9-14(4)11-15/h12-15,18H,5-11H2,1-4H3. The highest BCUT2D eigenvalue weighted by molar-refractivity contribution is 4.95. The van der Waals surface area contributed by atoms with Crippen LogP contribution in [0.4, 0.5) is 0 Å². The molecular formula is C16H31NO. The second-order valence-corrected chi connectivity index (χ2v) is 7.35. The van der Waals surface area contributed by atoms with Crippen LogP contribution in [0, 0.1) is 17.8 Å². The Kier molecular flexibility index (Phi) is 4.38. The van der Waals surface area contributed by atoms with Gasteiger partial charge in [0, 0.05) is 19.1 Å². The molecular weight excluding hydrogens is 222 g/mol. The van der Waals surface area contributed by atoms with Gasteiger partial charge in [-0.2, -0.15) is 0 Å². The molecule has 2 aliphatic rings. The van der Waals surface area contributed by atoms with E-state index in [1.165, 1.54) is 19.3 Å². The summed E-state index contributed by atoms with van der Waals surface area (Å²) in [6.07, 6.45) is 5.79. The summed E-state index contributed by atoms with van der Waals surface area (Å²) in [6, 6.07) is 0.624. The molecule has 0 spiro atoms. The van der Waals surface area contributed by atoms with E-state index in [0.29, 0.717) is 12.0 Å². The lowest BCUT2D eigenvalue weighted by Crippen LogP contribution is -2.51. The van der Waals surface area contributed by atoms with Gasteiger partial charge in [-0.25, -0.2) is 0 Å². The van der Waals surface area contributed by atoms with E-state index in [9.17, 15) is 5.11 Å². The molecule has 2 atom stereocenters. The van der Waals surface area contributed by atoms with E-state index in [1.54, 1.807) is 0 Å². The van der Waals surface area contributed by atoms with Crippen molar-refractivity contribution in [2.75, 3.05) is 13.1 Å². The molecule has 1 aliphatic carbocycles. The second kappa shape index (κ2) is 5.50. The van der Waals surface area contributed by atoms with E-state index >= 15 is 0 Å². The van der Waals surface area contributed by atoms with Crippen molar-refractivity contribution in [2.45, 2.75) is 71.4 Å². The van der Waals surface area contributed by atoms with Gasteiger partial charge in [0.15, 0.2) is 0 Å². The molecule has 1 N–H and O–H groups in total. The number of hydrogen-bond donors (Lipinski definition) is 1. The molecule has 106 valence electrons. The average Bonchev–Trinajstić information content (AvgIpc) is 2.28. The monoisotopic (exact) mass is 253 g/mol. The molecule has 2 nitrogen and oxygen atoms in total. The highest BCUT2D eigenvalue weighted by Gasteiger charge is 2.42. The van der Waals surface area contributed by atoms with Gasteiger partial charge in [-0.3, -0.25) is 0 Å². The first-order valence-corrected chi connectivity index (χ1v) is 7.87. The number of nitrogens with zero attached hydrogens (tertiary/aromatic N) is 1. The van der Waals surface area contributed by atoms with Crippen LogP contribution in [0.5, 0.6) is 0 Å². The van der Waals surface area contributed by atoms with Gasteiger partial charge < -0.3 is 10.0 Å². The van der Waals surface area contributed by atoms with E-state index in [0.717, 1.165) is 37.8 Å². The Morgan fingerprint density at radius 2 is 1.50 bits per heavy atom. The lowest BCUT2D eigenvalue weighted by molar-refractivity contribution is -0.0917. The van der Waals surface area contributed by atoms with Gasteiger partial charge in [0.05, 0.1) is 5.60 Å². The van der Waals surface area contributed by atoms with Gasteiger partial charge in [0.25, 0.3) is 0 Å². The fourth-order valence-electron chi connectivity index (χ4n) is 4.22. The molecule has 18 heavy (non-hydrogen) atoms. The van der Waals surface area contributed by atoms with Crippen LogP contribution in [-0.4, -0.2) is 34.7 Å². The Bertz CT molecular complexity index is 258. The maximum atomic E-state index is 11.0. The van der Waals surface area contributed by atoms with Gasteiger partial charge in [-0.1, -0.05) is 13.8 Å². The lowest BCUT2D eigenvalue weighted by Gasteiger charge is -2.47. The van der Waals surface area contributed by atoms with Gasteiger partial charge >= 0.3 is 0 Å². The van der Waals surface area contributed by atoms with Crippen molar-refractivity contribution in [2.24, 2.45) is 17.8 Å². The molecule has 1 heterocycles. The minimum atomic E-state index is -0.367. The van der Waals surface area contributed by atoms with Crippen molar-refractivity contribution in [3.63, 3.8) is 0 Å². The molecule has 0 bridgehead atoms. The minimum absolute atomic E-state index is 0.367. The molecule has 2 rings (SSSR count). The summed E-state index contributed by atoms with van der Waals surface area (Å²) in [5.41, 5.74) is -0.367. The van der Waals surface area contributed by atoms with Crippen LogP contribution in [0.15, 0.2) is 0 Å². The number of hydrogen-bond acceptors (Lipinski definition) is 2. The molecule has 1 aliphatic heterocycles. The van der Waals surface area contributed by atoms with Crippen LogP contribution in [0.2, 0.25) is 0 Å². The molecule has 1 saturated heterocycles. The molecule has 0 amide bonds. The molecule has 0 aromatic heterocycles. The van der Waals surface area contributed by atoms with Crippen LogP contribution in [-0.2, 0) is 0 Å². The highest BCUT2D eigenvalue weighted by atomic mass is 16.3. The predicted molar refractivity (Wildman–Crippen MR) is 76.6 cm³/mol. The van der Waals surface area contributed by atoms with E-state index < -0.39 is 0 Å². The number of piperidine rings is 1. The molecule has 2 fully saturated rings. The van der Waals surface area contributed by atoms with E-state index in [2.05, 4.69) is 32.6 Å². The van der Waals surface area contributed by atoms with Crippen molar-refractivity contribution in [1.29, 1.82) is 0 Å². The summed E-state index contributed by atoms with van der Waals surface area (Å²) in [4.78, 5) is 2.50. The SMILES string of the molecule is CC1CC(C)CC(C2(O)CCN(C(C)C)CC2)C1. The van der Waals surface area contributed by atoms with Crippen LogP contribution in [0.1, 0.15) is 59.8 Å². The first-order chi connectivity index (χ1) is 8.40. The molecule has 1 saturated carbocycles. The summed E-state index contributed by atoms with van der Waals surface area (Å²) in [7, 11) is 0. The summed E-state index contributed by atoms with van der Waals surface area (Å²) in [5.74, 6) is 2.14. The Labute approximate surface area is 113 Å². The Morgan fingerprint density at radius 1 is 1.00 bits per heavy atom. The first kappa shape index (κ1) is 14.3. The van der Waals surface area contributed by atoms with Gasteiger partial charge in [0.1, 0.15) is 0 Å². The molecule has 0 aromatic rings. The average molecular weight is 253 g/mol. The third-order valence-corrected chi connectivity index (χ3v) is 5.33. The topological polar surface area (TPSA) is 23.5 Å². The summed E-state index contributed by atoms with van der Waals surface area (Å²) in [5, 5.41) is 11.0. The minimum Gasteiger partial charge on any atom is -0.390 e. The van der Waals surface area contributed by atoms with Crippen LogP contribution in [0.25, 0.3) is 0 Å². The first-order valence-electron chi connectivity index (χ1n) is 7.87. The fraction of sp³-hybridized carbons (Fsp3) is 1.00. The Balaban J connectivity index is 1.96. The molecule has 0 aromatic carbocycles. The third-order valence-electron chi connectivity index (χ3n) is 5.33. The van der Waals surface area contributed by atoms with E-state index in [4.69, 9.17) is 0 Å². The Hall–Kier alpha value is -0.0800. The summed E-state index contributed by atoms with van der Waals surface area (Å²) < 4.78 is 0. The van der Waals surface area contributed by atoms with Crippen LogP contribution >= 0.6 is 0 Å². The van der Waals surface area contributed by atoms with Crippen molar-refractivity contribution >= 4 is 0 Å². The van der Waals surface area contributed by atoms with Crippen molar-refractivity contribution < 1.29 is 5.11 Å². The maximum Gasteiger partial charge on any atom is 0.0700 e. The van der Waals surface area contributed by atoms with Crippen molar-refractivity contribution in [1.82, 2.24) is 4.90 Å². The van der Waals surface area contributed by atoms with E-state index in [-0.39, 0.29) is 5.60 Å².